The molecule has 2 aliphatic carbocycles. The Bertz CT molecular complexity index is 1760. The number of hydrogen-bond donors (Lipinski definition) is 0. The SMILES string of the molecule is c1ccc2c(c1)Cc1c-2ccc2c1Cc1cc3c(cc1-2)N1c2cccnc2Cc2ccnc(c21)C3. The Morgan fingerprint density at radius 2 is 1.31 bits per heavy atom. The van der Waals surface area contributed by atoms with Crippen molar-refractivity contribution in [2.75, 3.05) is 4.90 Å². The van der Waals surface area contributed by atoms with E-state index in [-0.39, 0.29) is 0 Å². The van der Waals surface area contributed by atoms with Crippen molar-refractivity contribution in [3.63, 3.8) is 0 Å². The highest BCUT2D eigenvalue weighted by Gasteiger charge is 2.35. The molecule has 0 N–H and O–H groups in total. The zero-order valence-electron chi connectivity index (χ0n) is 19.2. The summed E-state index contributed by atoms with van der Waals surface area (Å²) in [6.45, 7) is 0. The summed E-state index contributed by atoms with van der Waals surface area (Å²) in [6.07, 6.45) is 7.70. The van der Waals surface area contributed by atoms with Gasteiger partial charge in [0.15, 0.2) is 0 Å². The average molecular weight is 448 g/mol. The minimum atomic E-state index is 0.868. The van der Waals surface area contributed by atoms with Crippen LogP contribution in [0.3, 0.4) is 0 Å². The second-order valence-electron chi connectivity index (χ2n) is 10.2. The van der Waals surface area contributed by atoms with Gasteiger partial charge in [-0.25, -0.2) is 0 Å². The van der Waals surface area contributed by atoms with E-state index >= 15 is 0 Å². The minimum absolute atomic E-state index is 0.868. The number of hydrogen-bond acceptors (Lipinski definition) is 3. The van der Waals surface area contributed by atoms with Gasteiger partial charge in [-0.15, -0.1) is 0 Å². The molecule has 0 fully saturated rings. The van der Waals surface area contributed by atoms with Crippen LogP contribution in [0.1, 0.15) is 44.8 Å². The summed E-state index contributed by atoms with van der Waals surface area (Å²) >= 11 is 0. The van der Waals surface area contributed by atoms with E-state index in [0.717, 1.165) is 31.4 Å². The van der Waals surface area contributed by atoms with Crippen LogP contribution in [0, 0.1) is 0 Å². The summed E-state index contributed by atoms with van der Waals surface area (Å²) in [5.74, 6) is 0. The Morgan fingerprint density at radius 1 is 0.514 bits per heavy atom. The monoisotopic (exact) mass is 447 g/mol. The van der Waals surface area contributed by atoms with Gasteiger partial charge < -0.3 is 4.90 Å². The van der Waals surface area contributed by atoms with Gasteiger partial charge in [0.25, 0.3) is 0 Å². The van der Waals surface area contributed by atoms with Crippen molar-refractivity contribution in [1.82, 2.24) is 9.97 Å². The molecule has 5 aromatic rings. The highest BCUT2D eigenvalue weighted by molar-refractivity contribution is 5.93. The Kier molecular flexibility index (Phi) is 3.24. The van der Waals surface area contributed by atoms with Crippen molar-refractivity contribution < 1.29 is 0 Å². The van der Waals surface area contributed by atoms with Gasteiger partial charge in [-0.05, 0) is 92.7 Å². The van der Waals surface area contributed by atoms with Crippen molar-refractivity contribution in [3.8, 4) is 22.3 Å². The second-order valence-corrected chi connectivity index (χ2v) is 10.2. The highest BCUT2D eigenvalue weighted by Crippen LogP contribution is 2.53. The fourth-order valence-corrected chi connectivity index (χ4v) is 6.94. The van der Waals surface area contributed by atoms with Crippen LogP contribution in [-0.4, -0.2) is 9.97 Å². The van der Waals surface area contributed by atoms with Gasteiger partial charge in [-0.1, -0.05) is 42.5 Å². The molecule has 164 valence electrons. The molecule has 3 aromatic carbocycles. The van der Waals surface area contributed by atoms with Crippen LogP contribution >= 0.6 is 0 Å². The zero-order valence-corrected chi connectivity index (χ0v) is 19.2. The summed E-state index contributed by atoms with van der Waals surface area (Å²) in [5.41, 5.74) is 20.3. The van der Waals surface area contributed by atoms with Gasteiger partial charge in [0.05, 0.1) is 28.5 Å². The van der Waals surface area contributed by atoms with Crippen molar-refractivity contribution >= 4 is 17.1 Å². The van der Waals surface area contributed by atoms with Crippen LogP contribution in [0.25, 0.3) is 22.3 Å². The number of pyridine rings is 2. The fourth-order valence-electron chi connectivity index (χ4n) is 6.94. The Balaban J connectivity index is 1.26. The molecule has 0 amide bonds. The largest absolute Gasteiger partial charge is 0.306 e. The van der Waals surface area contributed by atoms with Crippen LogP contribution in [0.5, 0.6) is 0 Å². The lowest BCUT2D eigenvalue weighted by atomic mass is 9.89. The van der Waals surface area contributed by atoms with E-state index < -0.39 is 0 Å². The smallest absolute Gasteiger partial charge is 0.0717 e. The van der Waals surface area contributed by atoms with E-state index in [1.165, 1.54) is 78.4 Å². The topological polar surface area (TPSA) is 29.0 Å². The number of benzene rings is 3. The molecule has 0 unspecified atom stereocenters. The molecule has 0 spiro atoms. The van der Waals surface area contributed by atoms with Gasteiger partial charge in [0, 0.05) is 25.2 Å². The normalized spacial score (nSPS) is 14.9. The van der Waals surface area contributed by atoms with Crippen LogP contribution in [0.2, 0.25) is 0 Å². The second kappa shape index (κ2) is 6.25. The van der Waals surface area contributed by atoms with E-state index in [1.54, 1.807) is 0 Å². The molecule has 0 bridgehead atoms. The summed E-state index contributed by atoms with van der Waals surface area (Å²) in [5, 5.41) is 0. The van der Waals surface area contributed by atoms with Crippen molar-refractivity contribution in [3.05, 3.63) is 124 Å². The lowest BCUT2D eigenvalue weighted by molar-refractivity contribution is 0.935. The molecule has 0 radical (unpaired) electrons. The third-order valence-electron chi connectivity index (χ3n) is 8.44. The summed E-state index contributed by atoms with van der Waals surface area (Å²) in [6, 6.07) is 24.9. The number of aromatic nitrogens is 2. The number of anilines is 3. The van der Waals surface area contributed by atoms with Crippen LogP contribution < -0.4 is 4.90 Å². The average Bonchev–Trinajstić information content (AvgIpc) is 3.45. The van der Waals surface area contributed by atoms with E-state index in [0.29, 0.717) is 0 Å². The quantitative estimate of drug-likeness (QED) is 0.253. The molecule has 4 heterocycles. The van der Waals surface area contributed by atoms with E-state index in [1.807, 2.05) is 12.4 Å². The van der Waals surface area contributed by atoms with Gasteiger partial charge >= 0.3 is 0 Å². The third kappa shape index (κ3) is 2.26. The standard InChI is InChI=1S/C32H21N3/c1-2-5-22-18(4-1)13-26-23(22)7-8-24-25-17-31-21(12-20(25)14-27(24)26)16-29-32-19(9-11-34-29)15-28-30(35(31)32)6-3-10-33-28/h1-12,17H,13-16H2. The maximum absolute atomic E-state index is 4.83. The van der Waals surface area contributed by atoms with E-state index in [9.17, 15) is 0 Å². The Hall–Kier alpha value is -4.24. The number of rotatable bonds is 0. The first kappa shape index (κ1) is 18.1. The van der Waals surface area contributed by atoms with Crippen molar-refractivity contribution in [1.29, 1.82) is 0 Å². The van der Waals surface area contributed by atoms with Gasteiger partial charge in [0.2, 0.25) is 0 Å². The van der Waals surface area contributed by atoms with Crippen LogP contribution in [0.15, 0.2) is 79.1 Å². The Morgan fingerprint density at radius 3 is 2.26 bits per heavy atom. The predicted octanol–water partition coefficient (Wildman–Crippen LogP) is 6.90. The first-order valence-electron chi connectivity index (χ1n) is 12.4. The Labute approximate surface area is 203 Å². The lowest BCUT2D eigenvalue weighted by Crippen LogP contribution is -2.26. The van der Waals surface area contributed by atoms with Crippen molar-refractivity contribution in [2.45, 2.75) is 25.7 Å². The first-order valence-corrected chi connectivity index (χ1v) is 12.4. The molecule has 2 aromatic heterocycles. The minimum Gasteiger partial charge on any atom is -0.306 e. The third-order valence-corrected chi connectivity index (χ3v) is 8.44. The number of fused-ring (bicyclic) bond motifs is 11. The molecule has 0 saturated heterocycles. The molecule has 9 rings (SSSR count). The fraction of sp³-hybridized carbons (Fsp3) is 0.125. The molecular formula is C32H21N3. The molecule has 3 heteroatoms. The molecular weight excluding hydrogens is 426 g/mol. The van der Waals surface area contributed by atoms with Gasteiger partial charge in [-0.3, -0.25) is 9.97 Å². The first-order chi connectivity index (χ1) is 17.3. The van der Waals surface area contributed by atoms with Crippen LogP contribution in [-0.2, 0) is 25.7 Å². The maximum atomic E-state index is 4.83. The predicted molar refractivity (Wildman–Crippen MR) is 139 cm³/mol. The summed E-state index contributed by atoms with van der Waals surface area (Å²) < 4.78 is 0. The summed E-state index contributed by atoms with van der Waals surface area (Å²) in [7, 11) is 0. The molecule has 0 saturated carbocycles. The highest BCUT2D eigenvalue weighted by atomic mass is 15.2. The molecule has 0 atom stereocenters. The van der Waals surface area contributed by atoms with E-state index in [2.05, 4.69) is 71.6 Å². The van der Waals surface area contributed by atoms with Gasteiger partial charge in [0.1, 0.15) is 0 Å². The van der Waals surface area contributed by atoms with Crippen molar-refractivity contribution in [2.24, 2.45) is 0 Å². The van der Waals surface area contributed by atoms with Gasteiger partial charge in [-0.2, -0.15) is 0 Å². The molecule has 35 heavy (non-hydrogen) atoms. The lowest BCUT2D eigenvalue weighted by Gasteiger charge is -2.38. The number of nitrogens with zero attached hydrogens (tertiary/aromatic N) is 3. The van der Waals surface area contributed by atoms with Crippen LogP contribution in [0.4, 0.5) is 17.1 Å². The van der Waals surface area contributed by atoms with E-state index in [4.69, 9.17) is 9.97 Å². The molecule has 3 nitrogen and oxygen atoms in total. The molecule has 4 aliphatic rings. The zero-order chi connectivity index (χ0) is 22.7. The molecule has 2 aliphatic heterocycles. The maximum Gasteiger partial charge on any atom is 0.0717 e. The summed E-state index contributed by atoms with van der Waals surface area (Å²) in [4.78, 5) is 12.0.